The molecule has 8 heteroatoms. The number of halogens is 1. The van der Waals surface area contributed by atoms with Crippen molar-refractivity contribution in [3.8, 4) is 22.9 Å². The zero-order valence-corrected chi connectivity index (χ0v) is 17.5. The molecule has 0 radical (unpaired) electrons. The molecule has 3 aromatic rings. The number of aromatic nitrogens is 3. The van der Waals surface area contributed by atoms with Gasteiger partial charge in [0.25, 0.3) is 0 Å². The zero-order chi connectivity index (χ0) is 19.5. The van der Waals surface area contributed by atoms with Gasteiger partial charge in [0.15, 0.2) is 11.9 Å². The Morgan fingerprint density at radius 2 is 2.14 bits per heavy atom. The molecule has 1 aliphatic heterocycles. The molecule has 1 aromatic heterocycles. The minimum atomic E-state index is -0.446. The van der Waals surface area contributed by atoms with E-state index in [1.807, 2.05) is 42.5 Å². The van der Waals surface area contributed by atoms with E-state index in [9.17, 15) is 0 Å². The van der Waals surface area contributed by atoms with Gasteiger partial charge in [-0.15, -0.1) is 16.8 Å². The van der Waals surface area contributed by atoms with Crippen molar-refractivity contribution in [1.82, 2.24) is 15.2 Å². The second-order valence-corrected chi connectivity index (χ2v) is 7.77. The fourth-order valence-corrected chi connectivity index (χ4v) is 3.91. The van der Waals surface area contributed by atoms with Crippen molar-refractivity contribution < 1.29 is 9.47 Å². The van der Waals surface area contributed by atoms with Crippen LogP contribution in [0.2, 0.25) is 0 Å². The number of para-hydroxylation sites is 1. The third-order valence-electron chi connectivity index (χ3n) is 4.14. The van der Waals surface area contributed by atoms with Gasteiger partial charge in [0.05, 0.1) is 11.6 Å². The van der Waals surface area contributed by atoms with E-state index in [0.29, 0.717) is 22.5 Å². The molecule has 0 bridgehead atoms. The lowest BCUT2D eigenvalue weighted by atomic mass is 10.1. The van der Waals surface area contributed by atoms with Gasteiger partial charge in [0, 0.05) is 22.6 Å². The smallest absolute Gasteiger partial charge is 0.247 e. The van der Waals surface area contributed by atoms with E-state index in [4.69, 9.17) is 9.47 Å². The van der Waals surface area contributed by atoms with E-state index in [0.717, 1.165) is 27.0 Å². The summed E-state index contributed by atoms with van der Waals surface area (Å²) in [6, 6.07) is 13.7. The van der Waals surface area contributed by atoms with Crippen molar-refractivity contribution in [3.05, 3.63) is 65.2 Å². The number of nitrogens with one attached hydrogen (secondary N) is 1. The van der Waals surface area contributed by atoms with Crippen molar-refractivity contribution in [3.63, 3.8) is 0 Å². The molecule has 0 unspecified atom stereocenters. The predicted molar refractivity (Wildman–Crippen MR) is 114 cm³/mol. The van der Waals surface area contributed by atoms with E-state index in [2.05, 4.69) is 43.0 Å². The second kappa shape index (κ2) is 8.20. The molecule has 4 rings (SSSR count). The highest BCUT2D eigenvalue weighted by Gasteiger charge is 2.26. The molecule has 28 heavy (non-hydrogen) atoms. The highest BCUT2D eigenvalue weighted by molar-refractivity contribution is 9.10. The van der Waals surface area contributed by atoms with Gasteiger partial charge in [0.2, 0.25) is 11.0 Å². The van der Waals surface area contributed by atoms with Gasteiger partial charge in [-0.25, -0.2) is 0 Å². The van der Waals surface area contributed by atoms with Gasteiger partial charge in [-0.1, -0.05) is 36.0 Å². The third-order valence-corrected chi connectivity index (χ3v) is 5.60. The average Bonchev–Trinajstić information content (AvgIpc) is 2.88. The van der Waals surface area contributed by atoms with E-state index in [-0.39, 0.29) is 0 Å². The molecule has 0 fully saturated rings. The number of fused-ring (bicyclic) bond motifs is 3. The second-order valence-electron chi connectivity index (χ2n) is 5.93. The summed E-state index contributed by atoms with van der Waals surface area (Å²) in [7, 11) is 1.64. The highest BCUT2D eigenvalue weighted by atomic mass is 79.9. The van der Waals surface area contributed by atoms with Crippen molar-refractivity contribution in [1.29, 1.82) is 0 Å². The van der Waals surface area contributed by atoms with Crippen LogP contribution in [0.4, 0.5) is 5.69 Å². The van der Waals surface area contributed by atoms with Crippen LogP contribution in [0.1, 0.15) is 11.8 Å². The Hall–Kier alpha value is -2.58. The van der Waals surface area contributed by atoms with Crippen molar-refractivity contribution in [2.45, 2.75) is 11.4 Å². The minimum Gasteiger partial charge on any atom is -0.496 e. The number of hydrogen-bond acceptors (Lipinski definition) is 7. The Balaban J connectivity index is 1.78. The van der Waals surface area contributed by atoms with Crippen LogP contribution < -0.4 is 14.8 Å². The monoisotopic (exact) mass is 456 g/mol. The summed E-state index contributed by atoms with van der Waals surface area (Å²) >= 11 is 5.00. The summed E-state index contributed by atoms with van der Waals surface area (Å²) < 4.78 is 12.4. The van der Waals surface area contributed by atoms with Gasteiger partial charge in [-0.3, -0.25) is 0 Å². The largest absolute Gasteiger partial charge is 0.496 e. The predicted octanol–water partition coefficient (Wildman–Crippen LogP) is 5.09. The number of hydrogen-bond donors (Lipinski definition) is 1. The fraction of sp³-hybridized carbons (Fsp3) is 0.150. The van der Waals surface area contributed by atoms with Crippen LogP contribution in [0.15, 0.2) is 64.7 Å². The Morgan fingerprint density at radius 1 is 1.29 bits per heavy atom. The number of benzene rings is 2. The average molecular weight is 457 g/mol. The first-order valence-electron chi connectivity index (χ1n) is 8.54. The first-order valence-corrected chi connectivity index (χ1v) is 10.3. The number of nitrogens with zero attached hydrogens (tertiary/aromatic N) is 3. The molecule has 1 aliphatic rings. The maximum absolute atomic E-state index is 6.25. The van der Waals surface area contributed by atoms with Gasteiger partial charge in [-0.05, 0) is 40.2 Å². The lowest BCUT2D eigenvalue weighted by Crippen LogP contribution is -2.17. The minimum absolute atomic E-state index is 0.441. The molecule has 0 saturated carbocycles. The molecule has 142 valence electrons. The summed E-state index contributed by atoms with van der Waals surface area (Å²) in [5, 5.41) is 12.6. The molecule has 0 aliphatic carbocycles. The topological polar surface area (TPSA) is 69.2 Å². The van der Waals surface area contributed by atoms with E-state index in [1.54, 1.807) is 13.2 Å². The van der Waals surface area contributed by atoms with Crippen LogP contribution in [0.5, 0.6) is 11.6 Å². The molecule has 6 nitrogen and oxygen atoms in total. The molecule has 1 atom stereocenters. The molecule has 0 amide bonds. The van der Waals surface area contributed by atoms with Crippen molar-refractivity contribution in [2.75, 3.05) is 18.2 Å². The first-order chi connectivity index (χ1) is 13.7. The zero-order valence-electron chi connectivity index (χ0n) is 15.1. The van der Waals surface area contributed by atoms with E-state index >= 15 is 0 Å². The molecule has 0 spiro atoms. The lowest BCUT2D eigenvalue weighted by Gasteiger charge is -2.20. The van der Waals surface area contributed by atoms with Crippen LogP contribution in [0, 0.1) is 0 Å². The number of thioether (sulfide) groups is 1. The van der Waals surface area contributed by atoms with Gasteiger partial charge in [0.1, 0.15) is 5.75 Å². The van der Waals surface area contributed by atoms with Gasteiger partial charge >= 0.3 is 0 Å². The standard InChI is InChI=1S/C20H17BrN4O2S/c1-3-10-28-20-23-19-17(24-25-20)13-6-4-5-7-15(13)22-18(27-19)12-8-9-16(26-2)14(21)11-12/h3-9,11,18,22H,1,10H2,2H3/t18-/m0/s1. The number of anilines is 1. The Kier molecular flexibility index (Phi) is 5.50. The number of methoxy groups -OCH3 is 1. The maximum Gasteiger partial charge on any atom is 0.247 e. The molecule has 1 N–H and O–H groups in total. The maximum atomic E-state index is 6.25. The summed E-state index contributed by atoms with van der Waals surface area (Å²) in [5.41, 5.74) is 3.34. The quantitative estimate of drug-likeness (QED) is 0.423. The first kappa shape index (κ1) is 18.8. The van der Waals surface area contributed by atoms with E-state index < -0.39 is 6.23 Å². The van der Waals surface area contributed by atoms with Gasteiger partial charge in [-0.2, -0.15) is 4.98 Å². The Morgan fingerprint density at radius 3 is 2.93 bits per heavy atom. The molecule has 2 heterocycles. The summed E-state index contributed by atoms with van der Waals surface area (Å²) in [6.07, 6.45) is 1.35. The summed E-state index contributed by atoms with van der Waals surface area (Å²) in [4.78, 5) is 4.58. The van der Waals surface area contributed by atoms with Crippen LogP contribution in [-0.4, -0.2) is 28.0 Å². The third kappa shape index (κ3) is 3.70. The van der Waals surface area contributed by atoms with Crippen LogP contribution in [0.3, 0.4) is 0 Å². The molecular weight excluding hydrogens is 440 g/mol. The van der Waals surface area contributed by atoms with Crippen LogP contribution in [0.25, 0.3) is 11.3 Å². The number of rotatable bonds is 5. The van der Waals surface area contributed by atoms with Crippen LogP contribution in [-0.2, 0) is 0 Å². The normalized spacial score (nSPS) is 14.7. The molecular formula is C20H17BrN4O2S. The Labute approximate surface area is 175 Å². The summed E-state index contributed by atoms with van der Waals surface area (Å²) in [5.74, 6) is 1.89. The summed E-state index contributed by atoms with van der Waals surface area (Å²) in [6.45, 7) is 3.73. The van der Waals surface area contributed by atoms with Crippen LogP contribution >= 0.6 is 27.7 Å². The highest BCUT2D eigenvalue weighted by Crippen LogP contribution is 2.40. The molecule has 2 aromatic carbocycles. The van der Waals surface area contributed by atoms with Crippen molar-refractivity contribution >= 4 is 33.4 Å². The van der Waals surface area contributed by atoms with E-state index in [1.165, 1.54) is 11.8 Å². The Bertz CT molecular complexity index is 1030. The van der Waals surface area contributed by atoms with Crippen molar-refractivity contribution in [2.24, 2.45) is 0 Å². The molecule has 0 saturated heterocycles. The number of ether oxygens (including phenoxy) is 2. The SMILES string of the molecule is C=CCSc1nnc2c(n1)O[C@@H](c1ccc(OC)c(Br)c1)Nc1ccccc1-2. The van der Waals surface area contributed by atoms with Gasteiger partial charge < -0.3 is 14.8 Å². The lowest BCUT2D eigenvalue weighted by molar-refractivity contribution is 0.225. The fourth-order valence-electron chi connectivity index (χ4n) is 2.84.